The Morgan fingerprint density at radius 2 is 1.86 bits per heavy atom. The molecule has 1 aliphatic rings. The molecule has 28 heavy (non-hydrogen) atoms. The van der Waals surface area contributed by atoms with E-state index in [1.54, 1.807) is 0 Å². The van der Waals surface area contributed by atoms with Crippen molar-refractivity contribution in [1.82, 2.24) is 0 Å². The second-order valence-electron chi connectivity index (χ2n) is 7.73. The van der Waals surface area contributed by atoms with Crippen LogP contribution in [0.1, 0.15) is 76.2 Å². The van der Waals surface area contributed by atoms with Crippen LogP contribution in [0.3, 0.4) is 0 Å². The van der Waals surface area contributed by atoms with E-state index in [4.69, 9.17) is 4.74 Å². The van der Waals surface area contributed by atoms with E-state index in [-0.39, 0.29) is 18.7 Å². The van der Waals surface area contributed by atoms with Gasteiger partial charge in [0.2, 0.25) is 0 Å². The molecule has 1 aromatic carbocycles. The summed E-state index contributed by atoms with van der Waals surface area (Å²) in [5.41, 5.74) is 1.27. The molecule has 6 nitrogen and oxygen atoms in total. The fourth-order valence-corrected chi connectivity index (χ4v) is 3.89. The summed E-state index contributed by atoms with van der Waals surface area (Å²) in [5, 5.41) is 9.31. The van der Waals surface area contributed by atoms with Gasteiger partial charge in [-0.2, -0.15) is 0 Å². The Kier molecular flexibility index (Phi) is 10.4. The minimum atomic E-state index is -0.782. The van der Waals surface area contributed by atoms with Gasteiger partial charge in [0, 0.05) is 6.42 Å². The molecular weight excluding hydrogens is 358 g/mol. The quantitative estimate of drug-likeness (QED) is 0.187. The van der Waals surface area contributed by atoms with E-state index < -0.39 is 5.09 Å². The van der Waals surface area contributed by atoms with Gasteiger partial charge < -0.3 is 9.57 Å². The summed E-state index contributed by atoms with van der Waals surface area (Å²) in [5.74, 6) is 0.638. The molecule has 0 aliphatic heterocycles. The number of aryl methyl sites for hydroxylation is 1. The van der Waals surface area contributed by atoms with Gasteiger partial charge in [-0.05, 0) is 50.0 Å². The van der Waals surface area contributed by atoms with Gasteiger partial charge in [0.05, 0.1) is 6.61 Å². The topological polar surface area (TPSA) is 78.7 Å². The summed E-state index contributed by atoms with van der Waals surface area (Å²) < 4.78 is 5.80. The van der Waals surface area contributed by atoms with Crippen molar-refractivity contribution in [2.75, 3.05) is 6.61 Å². The number of hydrogen-bond acceptors (Lipinski definition) is 5. The molecule has 1 aliphatic carbocycles. The van der Waals surface area contributed by atoms with Gasteiger partial charge in [-0.25, -0.2) is 0 Å². The van der Waals surface area contributed by atoms with Gasteiger partial charge in [-0.1, -0.05) is 62.4 Å². The monoisotopic (exact) mass is 391 g/mol. The highest BCUT2D eigenvalue weighted by molar-refractivity contribution is 5.69. The van der Waals surface area contributed by atoms with Crippen LogP contribution in [-0.4, -0.2) is 23.8 Å². The molecule has 1 unspecified atom stereocenters. The molecule has 0 N–H and O–H groups in total. The standard InChI is InChI=1S/C22H33NO5/c24-22(13-5-2-8-18-27-23(25)26)28-21(17-15-20-11-6-7-12-20)16-14-19-9-3-1-4-10-19/h1,3-4,9-10,20-21H,2,5-8,11-18H2. The van der Waals surface area contributed by atoms with Crippen molar-refractivity contribution in [2.24, 2.45) is 5.92 Å². The smallest absolute Gasteiger partial charge is 0.306 e. The van der Waals surface area contributed by atoms with Gasteiger partial charge in [0.15, 0.2) is 0 Å². The maximum atomic E-state index is 12.2. The van der Waals surface area contributed by atoms with Gasteiger partial charge in [-0.15, -0.1) is 10.1 Å². The summed E-state index contributed by atoms with van der Waals surface area (Å²) in [6.45, 7) is 0.0864. The van der Waals surface area contributed by atoms with E-state index in [9.17, 15) is 14.9 Å². The number of benzene rings is 1. The number of esters is 1. The second kappa shape index (κ2) is 13.1. The molecule has 1 saturated carbocycles. The van der Waals surface area contributed by atoms with E-state index in [1.165, 1.54) is 31.2 Å². The minimum absolute atomic E-state index is 0.0221. The first-order chi connectivity index (χ1) is 13.6. The Morgan fingerprint density at radius 1 is 1.11 bits per heavy atom. The van der Waals surface area contributed by atoms with Crippen LogP contribution in [0.15, 0.2) is 30.3 Å². The number of hydrogen-bond donors (Lipinski definition) is 0. The Morgan fingerprint density at radius 3 is 2.57 bits per heavy atom. The average molecular weight is 392 g/mol. The maximum absolute atomic E-state index is 12.2. The molecule has 6 heteroatoms. The van der Waals surface area contributed by atoms with Gasteiger partial charge in [0.25, 0.3) is 5.09 Å². The van der Waals surface area contributed by atoms with Crippen molar-refractivity contribution in [3.63, 3.8) is 0 Å². The summed E-state index contributed by atoms with van der Waals surface area (Å²) in [4.78, 5) is 26.6. The highest BCUT2D eigenvalue weighted by atomic mass is 16.9. The lowest BCUT2D eigenvalue weighted by Crippen LogP contribution is -2.20. The van der Waals surface area contributed by atoms with Gasteiger partial charge in [0.1, 0.15) is 6.10 Å². The van der Waals surface area contributed by atoms with Crippen LogP contribution in [0.5, 0.6) is 0 Å². The van der Waals surface area contributed by atoms with Crippen molar-refractivity contribution >= 4 is 5.97 Å². The molecule has 0 radical (unpaired) electrons. The Labute approximate surface area is 167 Å². The highest BCUT2D eigenvalue weighted by Crippen LogP contribution is 2.30. The number of carbonyl (C=O) groups is 1. The number of unbranched alkanes of at least 4 members (excludes halogenated alkanes) is 2. The summed E-state index contributed by atoms with van der Waals surface area (Å²) in [6, 6.07) is 10.3. The van der Waals surface area contributed by atoms with Crippen molar-refractivity contribution in [3.05, 3.63) is 46.0 Å². The molecule has 0 saturated heterocycles. The van der Waals surface area contributed by atoms with Gasteiger partial charge in [-0.3, -0.25) is 4.79 Å². The van der Waals surface area contributed by atoms with Crippen LogP contribution >= 0.6 is 0 Å². The Bertz CT molecular complexity index is 572. The van der Waals surface area contributed by atoms with Crippen molar-refractivity contribution in [3.8, 4) is 0 Å². The molecule has 0 spiro atoms. The number of rotatable bonds is 14. The normalized spacial score (nSPS) is 15.3. The minimum Gasteiger partial charge on any atom is -0.462 e. The highest BCUT2D eigenvalue weighted by Gasteiger charge is 2.20. The molecule has 1 aromatic rings. The lowest BCUT2D eigenvalue weighted by molar-refractivity contribution is -0.757. The van der Waals surface area contributed by atoms with E-state index >= 15 is 0 Å². The van der Waals surface area contributed by atoms with E-state index in [2.05, 4.69) is 17.0 Å². The predicted octanol–water partition coefficient (Wildman–Crippen LogP) is 5.27. The van der Waals surface area contributed by atoms with Crippen molar-refractivity contribution in [2.45, 2.75) is 83.2 Å². The summed E-state index contributed by atoms with van der Waals surface area (Å²) in [6.07, 6.45) is 11.5. The molecule has 0 aromatic heterocycles. The first kappa shape index (κ1) is 22.2. The first-order valence-electron chi connectivity index (χ1n) is 10.6. The van der Waals surface area contributed by atoms with Crippen LogP contribution in [0.2, 0.25) is 0 Å². The van der Waals surface area contributed by atoms with E-state index in [1.807, 2.05) is 18.2 Å². The second-order valence-corrected chi connectivity index (χ2v) is 7.73. The third-order valence-electron chi connectivity index (χ3n) is 5.49. The van der Waals surface area contributed by atoms with E-state index in [0.717, 1.165) is 38.0 Å². The third-order valence-corrected chi connectivity index (χ3v) is 5.49. The van der Waals surface area contributed by atoms with Crippen molar-refractivity contribution < 1.29 is 19.5 Å². The molecule has 0 bridgehead atoms. The van der Waals surface area contributed by atoms with Crippen LogP contribution in [0, 0.1) is 16.0 Å². The number of nitrogens with zero attached hydrogens (tertiary/aromatic N) is 1. The van der Waals surface area contributed by atoms with Crippen LogP contribution < -0.4 is 0 Å². The SMILES string of the molecule is O=C(CCCCCO[N+](=O)[O-])OC(CCc1ccccc1)CCC1CCCC1. The largest absolute Gasteiger partial charge is 0.462 e. The van der Waals surface area contributed by atoms with E-state index in [0.29, 0.717) is 19.3 Å². The van der Waals surface area contributed by atoms with Crippen LogP contribution in [0.4, 0.5) is 0 Å². The van der Waals surface area contributed by atoms with Gasteiger partial charge >= 0.3 is 5.97 Å². The lowest BCUT2D eigenvalue weighted by atomic mass is 9.96. The molecular formula is C22H33NO5. The zero-order valence-corrected chi connectivity index (χ0v) is 16.7. The van der Waals surface area contributed by atoms with Crippen LogP contribution in [0.25, 0.3) is 0 Å². The average Bonchev–Trinajstić information content (AvgIpc) is 3.21. The fraction of sp³-hybridized carbons (Fsp3) is 0.682. The molecule has 1 fully saturated rings. The molecule has 2 rings (SSSR count). The zero-order valence-electron chi connectivity index (χ0n) is 16.7. The number of ether oxygens (including phenoxy) is 1. The summed E-state index contributed by atoms with van der Waals surface area (Å²) in [7, 11) is 0. The lowest BCUT2D eigenvalue weighted by Gasteiger charge is -2.20. The molecule has 0 amide bonds. The Hall–Kier alpha value is -2.11. The number of carbonyl (C=O) groups excluding carboxylic acids is 1. The molecule has 1 atom stereocenters. The molecule has 156 valence electrons. The predicted molar refractivity (Wildman–Crippen MR) is 107 cm³/mol. The molecule has 0 heterocycles. The van der Waals surface area contributed by atoms with Crippen molar-refractivity contribution in [1.29, 1.82) is 0 Å². The third kappa shape index (κ3) is 9.72. The zero-order chi connectivity index (χ0) is 20.0. The first-order valence-corrected chi connectivity index (χ1v) is 10.6. The summed E-state index contributed by atoms with van der Waals surface area (Å²) >= 11 is 0. The fourth-order valence-electron chi connectivity index (χ4n) is 3.89. The Balaban J connectivity index is 1.70. The van der Waals surface area contributed by atoms with Crippen LogP contribution in [-0.2, 0) is 20.8 Å². The maximum Gasteiger partial charge on any atom is 0.306 e.